The topological polar surface area (TPSA) is 72.4 Å². The second-order valence-electron chi connectivity index (χ2n) is 5.12. The van der Waals surface area contributed by atoms with Gasteiger partial charge in [0.15, 0.2) is 0 Å². The van der Waals surface area contributed by atoms with E-state index in [0.717, 1.165) is 25.8 Å². The van der Waals surface area contributed by atoms with Gasteiger partial charge in [-0.1, -0.05) is 5.16 Å². The Hall–Kier alpha value is -1.07. The van der Waals surface area contributed by atoms with Crippen LogP contribution in [0, 0.1) is 13.8 Å². The summed E-state index contributed by atoms with van der Waals surface area (Å²) in [5, 5.41) is 3.85. The van der Waals surface area contributed by atoms with Gasteiger partial charge in [-0.3, -0.25) is 4.79 Å². The van der Waals surface area contributed by atoms with Crippen molar-refractivity contribution in [1.29, 1.82) is 0 Å². The first-order valence-electron chi connectivity index (χ1n) is 6.51. The highest BCUT2D eigenvalue weighted by Crippen LogP contribution is 2.23. The summed E-state index contributed by atoms with van der Waals surface area (Å²) < 4.78 is 5.07. The molecule has 2 atom stereocenters. The predicted octanol–water partition coefficient (Wildman–Crippen LogP) is 2.06. The van der Waals surface area contributed by atoms with E-state index in [0.29, 0.717) is 17.0 Å². The molecule has 108 valence electrons. The van der Waals surface area contributed by atoms with Crippen molar-refractivity contribution in [3.05, 3.63) is 17.0 Å². The molecule has 0 bridgehead atoms. The molecule has 1 fully saturated rings. The fraction of sp³-hybridized carbons (Fsp3) is 0.692. The SMILES string of the molecule is Cc1noc(C)c1C(=O)N1CCCCC1C(C)N.Cl. The molecule has 2 heterocycles. The Bertz CT molecular complexity index is 426. The van der Waals surface area contributed by atoms with E-state index in [-0.39, 0.29) is 30.4 Å². The minimum absolute atomic E-state index is 0. The summed E-state index contributed by atoms with van der Waals surface area (Å²) >= 11 is 0. The maximum Gasteiger partial charge on any atom is 0.259 e. The number of carbonyl (C=O) groups is 1. The summed E-state index contributed by atoms with van der Waals surface area (Å²) in [7, 11) is 0. The molecule has 5 nitrogen and oxygen atoms in total. The maximum atomic E-state index is 12.6. The number of aromatic nitrogens is 1. The average Bonchev–Trinajstić information content (AvgIpc) is 2.68. The monoisotopic (exact) mass is 287 g/mol. The van der Waals surface area contributed by atoms with Gasteiger partial charge < -0.3 is 15.2 Å². The number of halogens is 1. The van der Waals surface area contributed by atoms with Crippen molar-refractivity contribution in [2.45, 2.75) is 52.1 Å². The lowest BCUT2D eigenvalue weighted by atomic mass is 9.96. The molecule has 1 aliphatic heterocycles. The third-order valence-corrected chi connectivity index (χ3v) is 3.66. The van der Waals surface area contributed by atoms with E-state index in [1.54, 1.807) is 13.8 Å². The molecule has 0 saturated carbocycles. The fourth-order valence-electron chi connectivity index (χ4n) is 2.69. The van der Waals surface area contributed by atoms with Crippen molar-refractivity contribution in [3.8, 4) is 0 Å². The molecule has 0 spiro atoms. The minimum Gasteiger partial charge on any atom is -0.361 e. The van der Waals surface area contributed by atoms with Gasteiger partial charge in [0.05, 0.1) is 5.69 Å². The second kappa shape index (κ2) is 6.39. The molecule has 0 aromatic carbocycles. The normalized spacial score (nSPS) is 20.8. The van der Waals surface area contributed by atoms with Crippen molar-refractivity contribution < 1.29 is 9.32 Å². The molecule has 6 heteroatoms. The number of hydrogen-bond acceptors (Lipinski definition) is 4. The van der Waals surface area contributed by atoms with Crippen LogP contribution in [0.1, 0.15) is 48.0 Å². The molecular weight excluding hydrogens is 266 g/mol. The lowest BCUT2D eigenvalue weighted by Crippen LogP contribution is -2.51. The zero-order chi connectivity index (χ0) is 13.3. The Morgan fingerprint density at radius 1 is 1.47 bits per heavy atom. The molecule has 2 unspecified atom stereocenters. The first kappa shape index (κ1) is 16.0. The molecule has 1 amide bonds. The largest absolute Gasteiger partial charge is 0.361 e. The number of likely N-dealkylation sites (tertiary alicyclic amines) is 1. The highest BCUT2D eigenvalue weighted by Gasteiger charge is 2.32. The lowest BCUT2D eigenvalue weighted by molar-refractivity contribution is 0.0581. The van der Waals surface area contributed by atoms with Gasteiger partial charge >= 0.3 is 0 Å². The van der Waals surface area contributed by atoms with Crippen LogP contribution in [-0.2, 0) is 0 Å². The number of nitrogens with zero attached hydrogens (tertiary/aromatic N) is 2. The van der Waals surface area contributed by atoms with E-state index in [1.807, 2.05) is 11.8 Å². The summed E-state index contributed by atoms with van der Waals surface area (Å²) in [5.74, 6) is 0.597. The molecule has 0 radical (unpaired) electrons. The van der Waals surface area contributed by atoms with Crippen LogP contribution in [0.4, 0.5) is 0 Å². The highest BCUT2D eigenvalue weighted by atomic mass is 35.5. The van der Waals surface area contributed by atoms with Gasteiger partial charge in [-0.15, -0.1) is 12.4 Å². The molecule has 2 N–H and O–H groups in total. The smallest absolute Gasteiger partial charge is 0.259 e. The maximum absolute atomic E-state index is 12.6. The number of aryl methyl sites for hydroxylation is 2. The molecule has 1 aromatic heterocycles. The summed E-state index contributed by atoms with van der Waals surface area (Å²) in [6.45, 7) is 6.31. The second-order valence-corrected chi connectivity index (χ2v) is 5.12. The quantitative estimate of drug-likeness (QED) is 0.904. The van der Waals surface area contributed by atoms with Crippen LogP contribution in [0.15, 0.2) is 4.52 Å². The Kier molecular flexibility index (Phi) is 5.38. The first-order chi connectivity index (χ1) is 8.52. The van der Waals surface area contributed by atoms with E-state index in [2.05, 4.69) is 5.16 Å². The molecule has 19 heavy (non-hydrogen) atoms. The third kappa shape index (κ3) is 3.09. The van der Waals surface area contributed by atoms with Crippen molar-refractivity contribution >= 4 is 18.3 Å². The predicted molar refractivity (Wildman–Crippen MR) is 75.5 cm³/mol. The van der Waals surface area contributed by atoms with E-state index in [1.165, 1.54) is 0 Å². The first-order valence-corrected chi connectivity index (χ1v) is 6.51. The number of nitrogens with two attached hydrogens (primary N) is 1. The van der Waals surface area contributed by atoms with E-state index >= 15 is 0 Å². The lowest BCUT2D eigenvalue weighted by Gasteiger charge is -2.38. The van der Waals surface area contributed by atoms with Crippen LogP contribution in [0.5, 0.6) is 0 Å². The molecule has 2 rings (SSSR count). The van der Waals surface area contributed by atoms with E-state index < -0.39 is 0 Å². The molecule has 0 aliphatic carbocycles. The van der Waals surface area contributed by atoms with Crippen LogP contribution in [0.3, 0.4) is 0 Å². The minimum atomic E-state index is -0.00489. The summed E-state index contributed by atoms with van der Waals surface area (Å²) in [5.41, 5.74) is 7.25. The Morgan fingerprint density at radius 3 is 2.68 bits per heavy atom. The Labute approximate surface area is 119 Å². The van der Waals surface area contributed by atoms with Crippen molar-refractivity contribution in [1.82, 2.24) is 10.1 Å². The zero-order valence-electron chi connectivity index (χ0n) is 11.7. The Balaban J connectivity index is 0.00000180. The fourth-order valence-corrected chi connectivity index (χ4v) is 2.69. The van der Waals surface area contributed by atoms with Crippen LogP contribution in [-0.4, -0.2) is 34.6 Å². The molecular formula is C13H22ClN3O2. The molecule has 1 aromatic rings. The van der Waals surface area contributed by atoms with Gasteiger partial charge in [0.2, 0.25) is 0 Å². The summed E-state index contributed by atoms with van der Waals surface area (Å²) in [6, 6.07) is 0.120. The molecule has 1 aliphatic rings. The Morgan fingerprint density at radius 2 is 2.16 bits per heavy atom. The van der Waals surface area contributed by atoms with E-state index in [9.17, 15) is 4.79 Å². The van der Waals surface area contributed by atoms with Crippen LogP contribution in [0.2, 0.25) is 0 Å². The van der Waals surface area contributed by atoms with Gasteiger partial charge in [-0.05, 0) is 40.0 Å². The van der Waals surface area contributed by atoms with Gasteiger partial charge in [-0.2, -0.15) is 0 Å². The number of rotatable bonds is 2. The van der Waals surface area contributed by atoms with Crippen LogP contribution >= 0.6 is 12.4 Å². The summed E-state index contributed by atoms with van der Waals surface area (Å²) in [4.78, 5) is 14.5. The number of carbonyl (C=O) groups excluding carboxylic acids is 1. The highest BCUT2D eigenvalue weighted by molar-refractivity contribution is 5.96. The van der Waals surface area contributed by atoms with Gasteiger partial charge in [-0.25, -0.2) is 0 Å². The molecule has 1 saturated heterocycles. The average molecular weight is 288 g/mol. The van der Waals surface area contributed by atoms with Gasteiger partial charge in [0.25, 0.3) is 5.91 Å². The van der Waals surface area contributed by atoms with Gasteiger partial charge in [0.1, 0.15) is 11.3 Å². The third-order valence-electron chi connectivity index (χ3n) is 3.66. The number of amides is 1. The number of hydrogen-bond donors (Lipinski definition) is 1. The van der Waals surface area contributed by atoms with Crippen molar-refractivity contribution in [2.75, 3.05) is 6.54 Å². The van der Waals surface area contributed by atoms with E-state index in [4.69, 9.17) is 10.3 Å². The number of piperidine rings is 1. The van der Waals surface area contributed by atoms with Crippen LogP contribution < -0.4 is 5.73 Å². The standard InChI is InChI=1S/C13H21N3O2.ClH/c1-8(14)11-6-4-5-7-16(11)13(17)12-9(2)15-18-10(12)3;/h8,11H,4-7,14H2,1-3H3;1H. The zero-order valence-corrected chi connectivity index (χ0v) is 12.5. The van der Waals surface area contributed by atoms with Gasteiger partial charge in [0, 0.05) is 18.6 Å². The van der Waals surface area contributed by atoms with Crippen molar-refractivity contribution in [3.63, 3.8) is 0 Å². The van der Waals surface area contributed by atoms with Crippen LogP contribution in [0.25, 0.3) is 0 Å². The van der Waals surface area contributed by atoms with Crippen molar-refractivity contribution in [2.24, 2.45) is 5.73 Å². The summed E-state index contributed by atoms with van der Waals surface area (Å²) in [6.07, 6.45) is 3.16.